The fourth-order valence-corrected chi connectivity index (χ4v) is 0.461. The summed E-state index contributed by atoms with van der Waals surface area (Å²) in [7, 11) is 0. The molecule has 4 heteroatoms. The van der Waals surface area contributed by atoms with Crippen LogP contribution in [-0.4, -0.2) is 29.0 Å². The van der Waals surface area contributed by atoms with E-state index in [1.165, 1.54) is 6.08 Å². The Hall–Kier alpha value is 0.460. The van der Waals surface area contributed by atoms with E-state index in [0.717, 1.165) is 0 Å². The maximum Gasteiger partial charge on any atom is 1.00 e. The van der Waals surface area contributed by atoms with Gasteiger partial charge in [0.2, 0.25) is 0 Å². The first-order valence-electron chi connectivity index (χ1n) is 2.37. The molecule has 0 aliphatic carbocycles. The van der Waals surface area contributed by atoms with E-state index in [4.69, 9.17) is 10.2 Å². The molecular formula is C5H7NaO3. The zero-order valence-corrected chi connectivity index (χ0v) is 7.24. The summed E-state index contributed by atoms with van der Waals surface area (Å²) in [6.07, 6.45) is 2.03. The van der Waals surface area contributed by atoms with Crippen LogP contribution in [0.2, 0.25) is 0 Å². The number of ether oxygens (including phenoxy) is 1. The smallest absolute Gasteiger partial charge is 0.691 e. The summed E-state index contributed by atoms with van der Waals surface area (Å²) >= 11 is 0. The van der Waals surface area contributed by atoms with E-state index in [2.05, 4.69) is 11.0 Å². The van der Waals surface area contributed by atoms with E-state index in [1.807, 2.05) is 0 Å². The van der Waals surface area contributed by atoms with Gasteiger partial charge in [-0.15, -0.1) is 0 Å². The van der Waals surface area contributed by atoms with Gasteiger partial charge in [-0.1, -0.05) is 0 Å². The van der Waals surface area contributed by atoms with Crippen molar-refractivity contribution in [2.45, 2.75) is 12.2 Å². The van der Waals surface area contributed by atoms with Crippen LogP contribution in [0.3, 0.4) is 0 Å². The van der Waals surface area contributed by atoms with Gasteiger partial charge in [0.25, 0.3) is 0 Å². The van der Waals surface area contributed by atoms with Crippen molar-refractivity contribution in [3.63, 3.8) is 0 Å². The van der Waals surface area contributed by atoms with Crippen LogP contribution in [0, 0.1) is 6.26 Å². The molecule has 0 aromatic heterocycles. The van der Waals surface area contributed by atoms with Gasteiger partial charge in [0.1, 0.15) is 6.10 Å². The molecule has 2 atom stereocenters. The number of aliphatic hydroxyl groups is 2. The predicted molar refractivity (Wildman–Crippen MR) is 25.8 cm³/mol. The Labute approximate surface area is 75.6 Å². The Bertz CT molecular complexity index is 104. The van der Waals surface area contributed by atoms with Gasteiger partial charge in [0, 0.05) is 0 Å². The SMILES string of the molecule is OC1CO[C-]=C[C@@H]1O.[Na+]. The third-order valence-corrected chi connectivity index (χ3v) is 0.970. The first-order valence-corrected chi connectivity index (χ1v) is 2.37. The Kier molecular flexibility index (Phi) is 4.52. The van der Waals surface area contributed by atoms with Gasteiger partial charge in [-0.2, -0.15) is 0 Å². The minimum Gasteiger partial charge on any atom is -0.691 e. The van der Waals surface area contributed by atoms with Crippen molar-refractivity contribution in [3.05, 3.63) is 12.3 Å². The molecule has 9 heavy (non-hydrogen) atoms. The molecule has 0 amide bonds. The molecule has 1 unspecified atom stereocenters. The van der Waals surface area contributed by atoms with E-state index < -0.39 is 12.2 Å². The molecule has 1 aliphatic rings. The number of hydrogen-bond acceptors (Lipinski definition) is 3. The van der Waals surface area contributed by atoms with Gasteiger partial charge in [-0.3, -0.25) is 0 Å². The van der Waals surface area contributed by atoms with Gasteiger partial charge in [0.05, 0.1) is 12.7 Å². The molecule has 0 saturated carbocycles. The molecule has 0 bridgehead atoms. The standard InChI is InChI=1S/C5H7O3.Na/c6-4-1-2-8-3-5(4)7;/h1,4-7H,3H2;/q-1;+1/t4-,5?;/m0./s1. The molecule has 1 rings (SSSR count). The van der Waals surface area contributed by atoms with E-state index in [0.29, 0.717) is 0 Å². The van der Waals surface area contributed by atoms with E-state index in [-0.39, 0.29) is 36.2 Å². The summed E-state index contributed by atoms with van der Waals surface area (Å²) in [5, 5.41) is 17.5. The monoisotopic (exact) mass is 138 g/mol. The topological polar surface area (TPSA) is 49.7 Å². The van der Waals surface area contributed by atoms with Crippen LogP contribution in [0.4, 0.5) is 0 Å². The van der Waals surface area contributed by atoms with E-state index in [9.17, 15) is 0 Å². The van der Waals surface area contributed by atoms with Gasteiger partial charge in [-0.25, -0.2) is 6.08 Å². The summed E-state index contributed by atoms with van der Waals surface area (Å²) < 4.78 is 4.54. The summed E-state index contributed by atoms with van der Waals surface area (Å²) in [4.78, 5) is 0. The zero-order chi connectivity index (χ0) is 5.98. The molecule has 2 N–H and O–H groups in total. The van der Waals surface area contributed by atoms with Crippen LogP contribution in [0.5, 0.6) is 0 Å². The van der Waals surface area contributed by atoms with Crippen molar-refractivity contribution < 1.29 is 44.5 Å². The second-order valence-electron chi connectivity index (χ2n) is 1.65. The molecular weight excluding hydrogens is 131 g/mol. The molecule has 1 aliphatic heterocycles. The first kappa shape index (κ1) is 9.46. The van der Waals surface area contributed by atoms with Crippen molar-refractivity contribution in [3.8, 4) is 0 Å². The summed E-state index contributed by atoms with van der Waals surface area (Å²) in [6.45, 7) is 0.137. The normalized spacial score (nSPS) is 32.7. The largest absolute Gasteiger partial charge is 1.00 e. The third kappa shape index (κ3) is 2.69. The minimum absolute atomic E-state index is 0. The number of aliphatic hydroxyl groups excluding tert-OH is 2. The second-order valence-corrected chi connectivity index (χ2v) is 1.65. The van der Waals surface area contributed by atoms with Crippen LogP contribution >= 0.6 is 0 Å². The predicted octanol–water partition coefficient (Wildman–Crippen LogP) is -3.94. The molecule has 0 saturated heterocycles. The molecule has 0 spiro atoms. The molecule has 0 aromatic carbocycles. The Morgan fingerprint density at radius 3 is 2.56 bits per heavy atom. The van der Waals surface area contributed by atoms with E-state index in [1.54, 1.807) is 0 Å². The van der Waals surface area contributed by atoms with Crippen molar-refractivity contribution in [2.24, 2.45) is 0 Å². The molecule has 0 radical (unpaired) electrons. The van der Waals surface area contributed by atoms with Crippen molar-refractivity contribution >= 4 is 0 Å². The quantitative estimate of drug-likeness (QED) is 0.265. The average Bonchev–Trinajstić information content (AvgIpc) is 1.77. The van der Waals surface area contributed by atoms with Crippen LogP contribution in [0.15, 0.2) is 6.08 Å². The maximum absolute atomic E-state index is 8.73. The fraction of sp³-hybridized carbons (Fsp3) is 0.600. The zero-order valence-electron chi connectivity index (χ0n) is 5.24. The number of rotatable bonds is 0. The maximum atomic E-state index is 8.73. The second kappa shape index (κ2) is 4.30. The number of hydrogen-bond donors (Lipinski definition) is 2. The first-order chi connectivity index (χ1) is 3.80. The third-order valence-electron chi connectivity index (χ3n) is 0.970. The van der Waals surface area contributed by atoms with Crippen molar-refractivity contribution in [2.75, 3.05) is 6.61 Å². The van der Waals surface area contributed by atoms with Crippen LogP contribution in [-0.2, 0) is 4.74 Å². The van der Waals surface area contributed by atoms with Crippen molar-refractivity contribution in [1.82, 2.24) is 0 Å². The van der Waals surface area contributed by atoms with Crippen molar-refractivity contribution in [1.29, 1.82) is 0 Å². The minimum atomic E-state index is -0.802. The molecule has 0 aromatic rings. The summed E-state index contributed by atoms with van der Waals surface area (Å²) in [5.41, 5.74) is 0. The fourth-order valence-electron chi connectivity index (χ4n) is 0.461. The molecule has 1 heterocycles. The van der Waals surface area contributed by atoms with Gasteiger partial charge < -0.3 is 21.2 Å². The van der Waals surface area contributed by atoms with Gasteiger partial charge in [0.15, 0.2) is 0 Å². The van der Waals surface area contributed by atoms with Gasteiger partial charge in [-0.05, 0) is 0 Å². The van der Waals surface area contributed by atoms with Gasteiger partial charge >= 0.3 is 29.6 Å². The summed E-state index contributed by atoms with van der Waals surface area (Å²) in [6, 6.07) is 0. The van der Waals surface area contributed by atoms with E-state index >= 15 is 0 Å². The Balaban J connectivity index is 0.000000640. The molecule has 3 nitrogen and oxygen atoms in total. The van der Waals surface area contributed by atoms with Crippen LogP contribution < -0.4 is 29.6 Å². The molecule has 46 valence electrons. The Morgan fingerprint density at radius 1 is 1.56 bits per heavy atom. The Morgan fingerprint density at radius 2 is 2.22 bits per heavy atom. The average molecular weight is 138 g/mol. The summed E-state index contributed by atoms with van der Waals surface area (Å²) in [5.74, 6) is 0. The molecule has 0 fully saturated rings. The van der Waals surface area contributed by atoms with Crippen LogP contribution in [0.1, 0.15) is 0 Å². The van der Waals surface area contributed by atoms with Crippen LogP contribution in [0.25, 0.3) is 0 Å².